The summed E-state index contributed by atoms with van der Waals surface area (Å²) in [5, 5.41) is 6.87. The predicted molar refractivity (Wildman–Crippen MR) is 64.0 cm³/mol. The van der Waals surface area contributed by atoms with Crippen LogP contribution in [0.4, 0.5) is 0 Å². The van der Waals surface area contributed by atoms with E-state index in [1.807, 2.05) is 0 Å². The van der Waals surface area contributed by atoms with Gasteiger partial charge in [0, 0.05) is 6.04 Å². The second kappa shape index (κ2) is 4.77. The van der Waals surface area contributed by atoms with Crippen molar-refractivity contribution in [3.05, 3.63) is 35.4 Å². The van der Waals surface area contributed by atoms with Crippen molar-refractivity contribution in [3.63, 3.8) is 0 Å². The number of nitrogens with one attached hydrogen (secondary N) is 2. The van der Waals surface area contributed by atoms with E-state index in [4.69, 9.17) is 0 Å². The second-order valence-corrected chi connectivity index (χ2v) is 4.43. The van der Waals surface area contributed by atoms with Gasteiger partial charge in [-0.05, 0) is 45.0 Å². The Labute approximate surface area is 92.1 Å². The van der Waals surface area contributed by atoms with Crippen molar-refractivity contribution in [1.29, 1.82) is 0 Å². The highest BCUT2D eigenvalue weighted by molar-refractivity contribution is 5.24. The van der Waals surface area contributed by atoms with Crippen molar-refractivity contribution in [2.75, 3.05) is 20.1 Å². The van der Waals surface area contributed by atoms with E-state index in [1.54, 1.807) is 0 Å². The summed E-state index contributed by atoms with van der Waals surface area (Å²) in [5.74, 6) is 0.734. The Balaban J connectivity index is 2.14. The van der Waals surface area contributed by atoms with Gasteiger partial charge >= 0.3 is 0 Å². The van der Waals surface area contributed by atoms with E-state index < -0.39 is 0 Å². The van der Waals surface area contributed by atoms with Crippen molar-refractivity contribution in [3.8, 4) is 0 Å². The molecule has 0 saturated carbocycles. The molecule has 2 unspecified atom stereocenters. The van der Waals surface area contributed by atoms with Crippen LogP contribution < -0.4 is 10.6 Å². The SMILES string of the molecule is CNC(c1ccc(C)cc1)C1CCNC1. The summed E-state index contributed by atoms with van der Waals surface area (Å²) in [6, 6.07) is 9.38. The minimum absolute atomic E-state index is 0.501. The maximum absolute atomic E-state index is 3.44. The zero-order valence-corrected chi connectivity index (χ0v) is 9.59. The Kier molecular flexibility index (Phi) is 3.39. The third-order valence-corrected chi connectivity index (χ3v) is 3.32. The minimum Gasteiger partial charge on any atom is -0.316 e. The molecule has 1 saturated heterocycles. The molecule has 2 atom stereocenters. The van der Waals surface area contributed by atoms with Gasteiger partial charge in [-0.1, -0.05) is 29.8 Å². The van der Waals surface area contributed by atoms with E-state index >= 15 is 0 Å². The lowest BCUT2D eigenvalue weighted by atomic mass is 9.92. The summed E-state index contributed by atoms with van der Waals surface area (Å²) in [7, 11) is 2.06. The molecule has 15 heavy (non-hydrogen) atoms. The molecule has 82 valence electrons. The van der Waals surface area contributed by atoms with Gasteiger partial charge < -0.3 is 10.6 Å². The largest absolute Gasteiger partial charge is 0.316 e. The van der Waals surface area contributed by atoms with Crippen LogP contribution in [0.1, 0.15) is 23.6 Å². The molecule has 1 fully saturated rings. The van der Waals surface area contributed by atoms with Gasteiger partial charge in [0.05, 0.1) is 0 Å². The topological polar surface area (TPSA) is 24.1 Å². The normalized spacial score (nSPS) is 22.9. The zero-order chi connectivity index (χ0) is 10.7. The average Bonchev–Trinajstić information content (AvgIpc) is 2.75. The minimum atomic E-state index is 0.501. The fourth-order valence-electron chi connectivity index (χ4n) is 2.41. The van der Waals surface area contributed by atoms with Crippen molar-refractivity contribution in [2.45, 2.75) is 19.4 Å². The molecule has 2 N–H and O–H groups in total. The molecule has 0 bridgehead atoms. The van der Waals surface area contributed by atoms with Crippen LogP contribution >= 0.6 is 0 Å². The van der Waals surface area contributed by atoms with Gasteiger partial charge in [-0.25, -0.2) is 0 Å². The summed E-state index contributed by atoms with van der Waals surface area (Å²) in [4.78, 5) is 0. The monoisotopic (exact) mass is 204 g/mol. The van der Waals surface area contributed by atoms with E-state index in [-0.39, 0.29) is 0 Å². The molecule has 2 rings (SSSR count). The van der Waals surface area contributed by atoms with Gasteiger partial charge in [-0.2, -0.15) is 0 Å². The predicted octanol–water partition coefficient (Wildman–Crippen LogP) is 1.87. The molecule has 0 amide bonds. The summed E-state index contributed by atoms with van der Waals surface area (Å²) < 4.78 is 0. The molecule has 2 nitrogen and oxygen atoms in total. The molecule has 2 heteroatoms. The highest BCUT2D eigenvalue weighted by atomic mass is 15.0. The van der Waals surface area contributed by atoms with E-state index in [9.17, 15) is 0 Å². The molecule has 0 radical (unpaired) electrons. The Morgan fingerprint density at radius 3 is 2.60 bits per heavy atom. The van der Waals surface area contributed by atoms with Crippen LogP contribution in [0.25, 0.3) is 0 Å². The van der Waals surface area contributed by atoms with E-state index in [0.717, 1.165) is 19.0 Å². The molecule has 0 aliphatic carbocycles. The molecular formula is C13H20N2. The Morgan fingerprint density at radius 2 is 2.07 bits per heavy atom. The lowest BCUT2D eigenvalue weighted by Gasteiger charge is -2.22. The molecule has 1 aliphatic heterocycles. The van der Waals surface area contributed by atoms with Crippen molar-refractivity contribution in [2.24, 2.45) is 5.92 Å². The first-order valence-electron chi connectivity index (χ1n) is 5.76. The Hall–Kier alpha value is -0.860. The van der Waals surface area contributed by atoms with E-state index in [0.29, 0.717) is 6.04 Å². The van der Waals surface area contributed by atoms with Crippen molar-refractivity contribution in [1.82, 2.24) is 10.6 Å². The lowest BCUT2D eigenvalue weighted by molar-refractivity contribution is 0.410. The molecule has 1 aromatic carbocycles. The summed E-state index contributed by atoms with van der Waals surface area (Å²) in [5.41, 5.74) is 2.75. The fraction of sp³-hybridized carbons (Fsp3) is 0.538. The lowest BCUT2D eigenvalue weighted by Crippen LogP contribution is -2.26. The van der Waals surface area contributed by atoms with Crippen LogP contribution in [0, 0.1) is 12.8 Å². The average molecular weight is 204 g/mol. The highest BCUT2D eigenvalue weighted by Crippen LogP contribution is 2.26. The highest BCUT2D eigenvalue weighted by Gasteiger charge is 2.24. The number of rotatable bonds is 3. The molecule has 1 heterocycles. The van der Waals surface area contributed by atoms with E-state index in [1.165, 1.54) is 17.5 Å². The molecule has 1 aliphatic rings. The molecule has 0 spiro atoms. The number of hydrogen-bond donors (Lipinski definition) is 2. The zero-order valence-electron chi connectivity index (χ0n) is 9.59. The van der Waals surface area contributed by atoms with Crippen LogP contribution in [0.3, 0.4) is 0 Å². The first-order chi connectivity index (χ1) is 7.31. The number of hydrogen-bond acceptors (Lipinski definition) is 2. The standard InChI is InChI=1S/C13H20N2/c1-10-3-5-11(6-4-10)13(14-2)12-7-8-15-9-12/h3-6,12-15H,7-9H2,1-2H3. The van der Waals surface area contributed by atoms with Gasteiger partial charge in [0.2, 0.25) is 0 Å². The summed E-state index contributed by atoms with van der Waals surface area (Å²) >= 11 is 0. The summed E-state index contributed by atoms with van der Waals surface area (Å²) in [6.07, 6.45) is 1.28. The van der Waals surface area contributed by atoms with Crippen LogP contribution in [0.2, 0.25) is 0 Å². The van der Waals surface area contributed by atoms with Gasteiger partial charge in [0.25, 0.3) is 0 Å². The van der Waals surface area contributed by atoms with Crippen LogP contribution in [-0.4, -0.2) is 20.1 Å². The van der Waals surface area contributed by atoms with Gasteiger partial charge in [-0.15, -0.1) is 0 Å². The van der Waals surface area contributed by atoms with Gasteiger partial charge in [0.1, 0.15) is 0 Å². The maximum atomic E-state index is 3.44. The van der Waals surface area contributed by atoms with Crippen LogP contribution in [0.5, 0.6) is 0 Å². The van der Waals surface area contributed by atoms with Gasteiger partial charge in [-0.3, -0.25) is 0 Å². The molecule has 0 aromatic heterocycles. The quantitative estimate of drug-likeness (QED) is 0.785. The van der Waals surface area contributed by atoms with Gasteiger partial charge in [0.15, 0.2) is 0 Å². The number of benzene rings is 1. The summed E-state index contributed by atoms with van der Waals surface area (Å²) in [6.45, 7) is 4.43. The Morgan fingerprint density at radius 1 is 1.33 bits per heavy atom. The fourth-order valence-corrected chi connectivity index (χ4v) is 2.41. The maximum Gasteiger partial charge on any atom is 0.0358 e. The van der Waals surface area contributed by atoms with Crippen LogP contribution in [0.15, 0.2) is 24.3 Å². The molecule has 1 aromatic rings. The number of aryl methyl sites for hydroxylation is 1. The first kappa shape index (κ1) is 10.7. The smallest absolute Gasteiger partial charge is 0.0358 e. The van der Waals surface area contributed by atoms with Crippen molar-refractivity contribution >= 4 is 0 Å². The first-order valence-corrected chi connectivity index (χ1v) is 5.76. The Bertz CT molecular complexity index is 299. The van der Waals surface area contributed by atoms with Crippen LogP contribution in [-0.2, 0) is 0 Å². The third kappa shape index (κ3) is 2.39. The third-order valence-electron chi connectivity index (χ3n) is 3.32. The second-order valence-electron chi connectivity index (χ2n) is 4.43. The van der Waals surface area contributed by atoms with Crippen molar-refractivity contribution < 1.29 is 0 Å². The molecular weight excluding hydrogens is 184 g/mol. The van der Waals surface area contributed by atoms with E-state index in [2.05, 4.69) is 48.9 Å².